The van der Waals surface area contributed by atoms with Gasteiger partial charge in [0.15, 0.2) is 0 Å². The highest BCUT2D eigenvalue weighted by atomic mass is 16.6. The topological polar surface area (TPSA) is 36.3 Å². The molecule has 0 spiro atoms. The van der Waals surface area contributed by atoms with E-state index in [1.54, 1.807) is 0 Å². The normalized spacial score (nSPS) is 26.0. The number of rotatable bonds is 6. The van der Waals surface area contributed by atoms with Gasteiger partial charge in [-0.1, -0.05) is 26.7 Å². The Balaban J connectivity index is 2.27. The highest BCUT2D eigenvalue weighted by molar-refractivity contribution is 4.95. The average molecular weight is 181 g/mol. The van der Waals surface area contributed by atoms with Crippen LogP contribution in [0.25, 0.3) is 0 Å². The van der Waals surface area contributed by atoms with Gasteiger partial charge in [0.05, 0.1) is 24.7 Å². The summed E-state index contributed by atoms with van der Waals surface area (Å²) in [6.07, 6.45) is 6.19. The molecule has 0 aromatic carbocycles. The fourth-order valence-corrected chi connectivity index (χ4v) is 2.04. The molecule has 0 aromatic rings. The number of epoxide rings is 1. The van der Waals surface area contributed by atoms with E-state index in [-0.39, 0.29) is 6.10 Å². The molecule has 1 aliphatic rings. The van der Waals surface area contributed by atoms with Crippen LogP contribution in [0.2, 0.25) is 0 Å². The average Bonchev–Trinajstić information content (AvgIpc) is 2.84. The summed E-state index contributed by atoms with van der Waals surface area (Å²) < 4.78 is 5.50. The van der Waals surface area contributed by atoms with Gasteiger partial charge >= 0.3 is 0 Å². The van der Waals surface area contributed by atoms with Gasteiger partial charge < -0.3 is 4.74 Å². The summed E-state index contributed by atoms with van der Waals surface area (Å²) in [7, 11) is 0. The molecule has 0 amide bonds. The molecule has 2 nitrogen and oxygen atoms in total. The summed E-state index contributed by atoms with van der Waals surface area (Å²) in [4.78, 5) is 0. The van der Waals surface area contributed by atoms with Crippen LogP contribution in [-0.4, -0.2) is 12.2 Å². The first-order valence-electron chi connectivity index (χ1n) is 5.35. The van der Waals surface area contributed by atoms with Gasteiger partial charge in [-0.25, -0.2) is 0 Å². The zero-order valence-corrected chi connectivity index (χ0v) is 8.62. The molecular formula is C11H19NO. The molecule has 2 unspecified atom stereocenters. The minimum atomic E-state index is 0.257. The molecular weight excluding hydrogens is 162 g/mol. The van der Waals surface area contributed by atoms with Crippen molar-refractivity contribution in [2.24, 2.45) is 5.92 Å². The van der Waals surface area contributed by atoms with Crippen molar-refractivity contribution in [2.45, 2.75) is 58.2 Å². The standard InChI is InChI=1S/C11H19NO/c1-3-5-9(6-4-2)11-10(13-11)7-8-12/h9-11H,3-7H2,1-2H3. The molecule has 0 aliphatic carbocycles. The van der Waals surface area contributed by atoms with Crippen LogP contribution >= 0.6 is 0 Å². The molecule has 0 aromatic heterocycles. The second kappa shape index (κ2) is 5.24. The molecule has 1 saturated heterocycles. The third-order valence-corrected chi connectivity index (χ3v) is 2.70. The van der Waals surface area contributed by atoms with E-state index in [1.165, 1.54) is 25.7 Å². The number of hydrogen-bond acceptors (Lipinski definition) is 2. The predicted molar refractivity (Wildman–Crippen MR) is 52.2 cm³/mol. The van der Waals surface area contributed by atoms with Crippen molar-refractivity contribution in [1.82, 2.24) is 0 Å². The lowest BCUT2D eigenvalue weighted by Crippen LogP contribution is -2.10. The van der Waals surface area contributed by atoms with E-state index in [9.17, 15) is 0 Å². The van der Waals surface area contributed by atoms with Crippen LogP contribution in [0.15, 0.2) is 0 Å². The Hall–Kier alpha value is -0.550. The minimum absolute atomic E-state index is 0.257. The molecule has 0 saturated carbocycles. The Morgan fingerprint density at radius 1 is 1.31 bits per heavy atom. The predicted octanol–water partition coefficient (Wildman–Crippen LogP) is 2.88. The summed E-state index contributed by atoms with van der Waals surface area (Å²) in [6, 6.07) is 2.17. The van der Waals surface area contributed by atoms with Gasteiger partial charge in [0.2, 0.25) is 0 Å². The van der Waals surface area contributed by atoms with Gasteiger partial charge in [0, 0.05) is 0 Å². The van der Waals surface area contributed by atoms with Crippen molar-refractivity contribution < 1.29 is 4.74 Å². The van der Waals surface area contributed by atoms with Crippen molar-refractivity contribution in [2.75, 3.05) is 0 Å². The highest BCUT2D eigenvalue weighted by Crippen LogP contribution is 2.36. The maximum absolute atomic E-state index is 8.51. The number of hydrogen-bond donors (Lipinski definition) is 0. The summed E-state index contributed by atoms with van der Waals surface area (Å²) in [5.74, 6) is 0.702. The van der Waals surface area contributed by atoms with Crippen LogP contribution in [0.4, 0.5) is 0 Å². The summed E-state index contributed by atoms with van der Waals surface area (Å²) >= 11 is 0. The zero-order chi connectivity index (χ0) is 9.68. The Morgan fingerprint density at radius 2 is 1.92 bits per heavy atom. The molecule has 13 heavy (non-hydrogen) atoms. The van der Waals surface area contributed by atoms with Gasteiger partial charge in [0.25, 0.3) is 0 Å². The molecule has 2 heteroatoms. The van der Waals surface area contributed by atoms with Crippen molar-refractivity contribution in [3.8, 4) is 6.07 Å². The van der Waals surface area contributed by atoms with E-state index in [2.05, 4.69) is 19.9 Å². The van der Waals surface area contributed by atoms with Crippen LogP contribution in [0.3, 0.4) is 0 Å². The van der Waals surface area contributed by atoms with E-state index in [1.807, 2.05) is 0 Å². The van der Waals surface area contributed by atoms with E-state index >= 15 is 0 Å². The molecule has 2 atom stereocenters. The van der Waals surface area contributed by atoms with E-state index in [0.29, 0.717) is 18.4 Å². The Labute approximate surface area is 80.9 Å². The Morgan fingerprint density at radius 3 is 2.38 bits per heavy atom. The molecule has 1 fully saturated rings. The largest absolute Gasteiger partial charge is 0.368 e. The molecule has 1 heterocycles. The Bertz CT molecular complexity index is 179. The highest BCUT2D eigenvalue weighted by Gasteiger charge is 2.43. The smallest absolute Gasteiger partial charge is 0.0974 e. The van der Waals surface area contributed by atoms with Crippen molar-refractivity contribution in [1.29, 1.82) is 5.26 Å². The van der Waals surface area contributed by atoms with Gasteiger partial charge in [-0.2, -0.15) is 5.26 Å². The van der Waals surface area contributed by atoms with Crippen molar-refractivity contribution >= 4 is 0 Å². The fraction of sp³-hybridized carbons (Fsp3) is 0.909. The Kier molecular flexibility index (Phi) is 4.24. The zero-order valence-electron chi connectivity index (χ0n) is 8.62. The van der Waals surface area contributed by atoms with Crippen LogP contribution in [0.1, 0.15) is 46.0 Å². The monoisotopic (exact) mass is 181 g/mol. The first-order valence-corrected chi connectivity index (χ1v) is 5.35. The van der Waals surface area contributed by atoms with Crippen LogP contribution < -0.4 is 0 Å². The molecule has 0 radical (unpaired) electrons. The number of ether oxygens (including phenoxy) is 1. The lowest BCUT2D eigenvalue weighted by Gasteiger charge is -2.11. The molecule has 1 aliphatic heterocycles. The lowest BCUT2D eigenvalue weighted by atomic mass is 9.92. The van der Waals surface area contributed by atoms with Gasteiger partial charge in [-0.15, -0.1) is 0 Å². The first kappa shape index (κ1) is 10.5. The van der Waals surface area contributed by atoms with Gasteiger partial charge in [-0.3, -0.25) is 0 Å². The molecule has 74 valence electrons. The van der Waals surface area contributed by atoms with E-state index in [4.69, 9.17) is 10.00 Å². The van der Waals surface area contributed by atoms with Crippen LogP contribution in [0.5, 0.6) is 0 Å². The minimum Gasteiger partial charge on any atom is -0.368 e. The van der Waals surface area contributed by atoms with Gasteiger partial charge in [0.1, 0.15) is 0 Å². The quantitative estimate of drug-likeness (QED) is 0.591. The maximum atomic E-state index is 8.51. The SMILES string of the molecule is CCCC(CCC)C1OC1CC#N. The fourth-order valence-electron chi connectivity index (χ4n) is 2.04. The van der Waals surface area contributed by atoms with Gasteiger partial charge in [-0.05, 0) is 18.8 Å². The lowest BCUT2D eigenvalue weighted by molar-refractivity contribution is 0.291. The maximum Gasteiger partial charge on any atom is 0.0974 e. The molecule has 0 N–H and O–H groups in total. The van der Waals surface area contributed by atoms with E-state index < -0.39 is 0 Å². The number of nitrogens with zero attached hydrogens (tertiary/aromatic N) is 1. The van der Waals surface area contributed by atoms with Crippen molar-refractivity contribution in [3.63, 3.8) is 0 Å². The molecule has 1 rings (SSSR count). The van der Waals surface area contributed by atoms with Crippen molar-refractivity contribution in [3.05, 3.63) is 0 Å². The summed E-state index contributed by atoms with van der Waals surface area (Å²) in [5, 5.41) is 8.51. The van der Waals surface area contributed by atoms with Crippen LogP contribution in [-0.2, 0) is 4.74 Å². The second-order valence-electron chi connectivity index (χ2n) is 3.84. The summed E-state index contributed by atoms with van der Waals surface area (Å²) in [5.41, 5.74) is 0. The first-order chi connectivity index (χ1) is 6.33. The molecule has 0 bridgehead atoms. The second-order valence-corrected chi connectivity index (χ2v) is 3.84. The third-order valence-electron chi connectivity index (χ3n) is 2.70. The van der Waals surface area contributed by atoms with E-state index in [0.717, 1.165) is 0 Å². The summed E-state index contributed by atoms with van der Waals surface area (Å²) in [6.45, 7) is 4.43. The number of nitriles is 1. The third kappa shape index (κ3) is 3.00. The van der Waals surface area contributed by atoms with Crippen LogP contribution in [0, 0.1) is 17.2 Å².